The standard InChI is InChI=1S/C26H29N3O3/c1-31-20-14-23-22(6-4-7-24(23)28-15-20)25(30)17-29-11-9-19(10-12-29)27-16-21-13-18-5-2-3-8-26(18)32-21/h2-8,13-15,19,25,27,30H,9-12,16-17H2,1H3. The van der Waals surface area contributed by atoms with Crippen LogP contribution in [0.15, 0.2) is 65.2 Å². The van der Waals surface area contributed by atoms with Crippen LogP contribution in [-0.4, -0.2) is 47.8 Å². The molecule has 166 valence electrons. The van der Waals surface area contributed by atoms with Gasteiger partial charge in [-0.1, -0.05) is 30.3 Å². The number of nitrogens with zero attached hydrogens (tertiary/aromatic N) is 2. The smallest absolute Gasteiger partial charge is 0.137 e. The number of methoxy groups -OCH3 is 1. The van der Waals surface area contributed by atoms with E-state index in [1.54, 1.807) is 13.3 Å². The van der Waals surface area contributed by atoms with Crippen LogP contribution in [0.1, 0.15) is 30.3 Å². The topological polar surface area (TPSA) is 70.8 Å². The highest BCUT2D eigenvalue weighted by Crippen LogP contribution is 2.27. The number of pyridine rings is 1. The largest absolute Gasteiger partial charge is 0.495 e. The van der Waals surface area contributed by atoms with E-state index in [0.29, 0.717) is 18.3 Å². The number of fused-ring (bicyclic) bond motifs is 2. The Morgan fingerprint density at radius 1 is 1.16 bits per heavy atom. The Labute approximate surface area is 187 Å². The number of likely N-dealkylation sites (tertiary alicyclic amines) is 1. The molecule has 1 atom stereocenters. The van der Waals surface area contributed by atoms with E-state index in [-0.39, 0.29) is 0 Å². The second-order valence-corrected chi connectivity index (χ2v) is 8.51. The lowest BCUT2D eigenvalue weighted by Crippen LogP contribution is -2.43. The molecule has 4 aromatic rings. The summed E-state index contributed by atoms with van der Waals surface area (Å²) in [7, 11) is 1.63. The molecule has 1 unspecified atom stereocenters. The van der Waals surface area contributed by atoms with Gasteiger partial charge < -0.3 is 24.5 Å². The van der Waals surface area contributed by atoms with Crippen molar-refractivity contribution in [3.05, 3.63) is 72.1 Å². The summed E-state index contributed by atoms with van der Waals surface area (Å²) < 4.78 is 11.2. The number of hydrogen-bond donors (Lipinski definition) is 2. The maximum Gasteiger partial charge on any atom is 0.137 e. The molecule has 1 aliphatic heterocycles. The summed E-state index contributed by atoms with van der Waals surface area (Å²) in [5.41, 5.74) is 2.71. The lowest BCUT2D eigenvalue weighted by molar-refractivity contribution is 0.0947. The zero-order valence-corrected chi connectivity index (χ0v) is 18.3. The first-order valence-corrected chi connectivity index (χ1v) is 11.2. The first-order chi connectivity index (χ1) is 15.7. The van der Waals surface area contributed by atoms with Crippen molar-refractivity contribution < 1.29 is 14.3 Å². The first-order valence-electron chi connectivity index (χ1n) is 11.2. The molecule has 3 heterocycles. The summed E-state index contributed by atoms with van der Waals surface area (Å²) in [6.45, 7) is 3.28. The Hall–Kier alpha value is -2.93. The zero-order valence-electron chi connectivity index (χ0n) is 18.3. The van der Waals surface area contributed by atoms with E-state index < -0.39 is 6.10 Å². The summed E-state index contributed by atoms with van der Waals surface area (Å²) in [5.74, 6) is 1.68. The number of aromatic nitrogens is 1. The van der Waals surface area contributed by atoms with Crippen LogP contribution in [0.25, 0.3) is 21.9 Å². The summed E-state index contributed by atoms with van der Waals surface area (Å²) in [6, 6.07) is 18.5. The Morgan fingerprint density at radius 2 is 2.00 bits per heavy atom. The second kappa shape index (κ2) is 9.28. The third kappa shape index (κ3) is 4.48. The number of β-amino-alcohol motifs (C(OH)–C–C–N with tert-alkyl or cyclic N) is 1. The molecule has 2 aromatic carbocycles. The van der Waals surface area contributed by atoms with Gasteiger partial charge in [0.25, 0.3) is 0 Å². The number of para-hydroxylation sites is 1. The van der Waals surface area contributed by atoms with E-state index >= 15 is 0 Å². The average molecular weight is 432 g/mol. The number of piperidine rings is 1. The maximum absolute atomic E-state index is 11.0. The molecule has 0 amide bonds. The van der Waals surface area contributed by atoms with Crippen molar-refractivity contribution in [2.24, 2.45) is 0 Å². The van der Waals surface area contributed by atoms with Crippen molar-refractivity contribution >= 4 is 21.9 Å². The monoisotopic (exact) mass is 431 g/mol. The Morgan fingerprint density at radius 3 is 2.81 bits per heavy atom. The van der Waals surface area contributed by atoms with Gasteiger partial charge in [-0.25, -0.2) is 0 Å². The Bertz CT molecular complexity index is 1160. The van der Waals surface area contributed by atoms with Gasteiger partial charge in [0, 0.05) is 23.4 Å². The van der Waals surface area contributed by atoms with E-state index in [1.165, 1.54) is 0 Å². The highest BCUT2D eigenvalue weighted by atomic mass is 16.5. The molecular formula is C26H29N3O3. The van der Waals surface area contributed by atoms with Crippen LogP contribution in [-0.2, 0) is 6.54 Å². The molecule has 0 aliphatic carbocycles. The van der Waals surface area contributed by atoms with Crippen molar-refractivity contribution in [3.63, 3.8) is 0 Å². The van der Waals surface area contributed by atoms with Gasteiger partial charge in [-0.2, -0.15) is 0 Å². The average Bonchev–Trinajstić information content (AvgIpc) is 3.26. The van der Waals surface area contributed by atoms with E-state index in [0.717, 1.165) is 65.7 Å². The number of furan rings is 1. The quantitative estimate of drug-likeness (QED) is 0.455. The van der Waals surface area contributed by atoms with Gasteiger partial charge in [0.2, 0.25) is 0 Å². The van der Waals surface area contributed by atoms with Crippen LogP contribution >= 0.6 is 0 Å². The molecule has 6 heteroatoms. The summed E-state index contributed by atoms with van der Waals surface area (Å²) >= 11 is 0. The number of benzene rings is 2. The number of rotatable bonds is 7. The number of ether oxygens (including phenoxy) is 1. The summed E-state index contributed by atoms with van der Waals surface area (Å²) in [4.78, 5) is 6.79. The van der Waals surface area contributed by atoms with Crippen LogP contribution in [0.5, 0.6) is 5.75 Å². The van der Waals surface area contributed by atoms with Gasteiger partial charge in [0.15, 0.2) is 0 Å². The van der Waals surface area contributed by atoms with Gasteiger partial charge in [-0.3, -0.25) is 4.98 Å². The van der Waals surface area contributed by atoms with Crippen molar-refractivity contribution in [2.45, 2.75) is 31.5 Å². The molecular weight excluding hydrogens is 402 g/mol. The predicted octanol–water partition coefficient (Wildman–Crippen LogP) is 4.28. The lowest BCUT2D eigenvalue weighted by Gasteiger charge is -2.33. The molecule has 0 radical (unpaired) electrons. The normalized spacial score (nSPS) is 16.6. The van der Waals surface area contributed by atoms with E-state index in [1.807, 2.05) is 42.5 Å². The SMILES string of the molecule is COc1cnc2cccc(C(O)CN3CCC(NCc4cc5ccccc5o4)CC3)c2c1. The molecule has 0 bridgehead atoms. The van der Waals surface area contributed by atoms with Gasteiger partial charge in [-0.15, -0.1) is 0 Å². The fourth-order valence-corrected chi connectivity index (χ4v) is 4.59. The lowest BCUT2D eigenvalue weighted by atomic mass is 10.0. The number of aliphatic hydroxyl groups excluding tert-OH is 1. The van der Waals surface area contributed by atoms with Crippen molar-refractivity contribution in [2.75, 3.05) is 26.7 Å². The van der Waals surface area contributed by atoms with E-state index in [9.17, 15) is 5.11 Å². The first kappa shape index (κ1) is 20.9. The highest BCUT2D eigenvalue weighted by Gasteiger charge is 2.22. The minimum absolute atomic E-state index is 0.461. The van der Waals surface area contributed by atoms with E-state index in [2.05, 4.69) is 27.3 Å². The molecule has 1 aliphatic rings. The highest BCUT2D eigenvalue weighted by molar-refractivity contribution is 5.83. The molecule has 2 N–H and O–H groups in total. The third-order valence-corrected chi connectivity index (χ3v) is 6.39. The van der Waals surface area contributed by atoms with Crippen LogP contribution in [0.2, 0.25) is 0 Å². The minimum Gasteiger partial charge on any atom is -0.495 e. The van der Waals surface area contributed by atoms with Gasteiger partial charge >= 0.3 is 0 Å². The molecule has 32 heavy (non-hydrogen) atoms. The molecule has 6 nitrogen and oxygen atoms in total. The molecule has 0 spiro atoms. The molecule has 0 saturated carbocycles. The van der Waals surface area contributed by atoms with Crippen LogP contribution in [0.4, 0.5) is 0 Å². The molecule has 1 saturated heterocycles. The van der Waals surface area contributed by atoms with Crippen molar-refractivity contribution in [1.29, 1.82) is 0 Å². The van der Waals surface area contributed by atoms with Gasteiger partial charge in [-0.05, 0) is 55.8 Å². The maximum atomic E-state index is 11.0. The molecule has 5 rings (SSSR count). The van der Waals surface area contributed by atoms with Gasteiger partial charge in [0.05, 0.1) is 31.5 Å². The Balaban J connectivity index is 1.16. The number of hydrogen-bond acceptors (Lipinski definition) is 6. The van der Waals surface area contributed by atoms with Crippen LogP contribution in [0.3, 0.4) is 0 Å². The predicted molar refractivity (Wildman–Crippen MR) is 126 cm³/mol. The second-order valence-electron chi connectivity index (χ2n) is 8.51. The third-order valence-electron chi connectivity index (χ3n) is 6.39. The summed E-state index contributed by atoms with van der Waals surface area (Å²) in [6.07, 6.45) is 3.25. The summed E-state index contributed by atoms with van der Waals surface area (Å²) in [5, 5.41) is 16.7. The molecule has 2 aromatic heterocycles. The zero-order chi connectivity index (χ0) is 21.9. The fourth-order valence-electron chi connectivity index (χ4n) is 4.59. The van der Waals surface area contributed by atoms with Crippen molar-refractivity contribution in [1.82, 2.24) is 15.2 Å². The van der Waals surface area contributed by atoms with Crippen LogP contribution < -0.4 is 10.1 Å². The molecule has 1 fully saturated rings. The Kier molecular flexibility index (Phi) is 6.08. The number of aliphatic hydroxyl groups is 1. The fraction of sp³-hybridized carbons (Fsp3) is 0.346. The van der Waals surface area contributed by atoms with E-state index in [4.69, 9.17) is 9.15 Å². The van der Waals surface area contributed by atoms with Gasteiger partial charge in [0.1, 0.15) is 17.1 Å². The van der Waals surface area contributed by atoms with Crippen LogP contribution in [0, 0.1) is 0 Å². The number of nitrogens with one attached hydrogen (secondary N) is 1. The minimum atomic E-state index is -0.562. The van der Waals surface area contributed by atoms with Crippen molar-refractivity contribution in [3.8, 4) is 5.75 Å².